The molecule has 1 aromatic heterocycles. The second-order valence-corrected chi connectivity index (χ2v) is 9.06. The highest BCUT2D eigenvalue weighted by Gasteiger charge is 2.18. The highest BCUT2D eigenvalue weighted by atomic mass is 16.5. The Hall–Kier alpha value is -3.96. The smallest absolute Gasteiger partial charge is 0.254 e. The highest BCUT2D eigenvalue weighted by Crippen LogP contribution is 2.22. The third-order valence-electron chi connectivity index (χ3n) is 6.38. The van der Waals surface area contributed by atoms with Gasteiger partial charge in [0.1, 0.15) is 12.4 Å². The molecule has 5 nitrogen and oxygen atoms in total. The molecule has 2 heterocycles. The molecule has 0 aliphatic carbocycles. The van der Waals surface area contributed by atoms with Gasteiger partial charge in [-0.2, -0.15) is 0 Å². The summed E-state index contributed by atoms with van der Waals surface area (Å²) in [5.41, 5.74) is 4.91. The number of pyridine rings is 1. The molecule has 1 fully saturated rings. The zero-order valence-corrected chi connectivity index (χ0v) is 20.3. The van der Waals surface area contributed by atoms with Gasteiger partial charge in [-0.15, -0.1) is 0 Å². The molecule has 4 aromatic rings. The van der Waals surface area contributed by atoms with E-state index in [1.54, 1.807) is 12.4 Å². The molecule has 1 unspecified atom stereocenters. The van der Waals surface area contributed by atoms with E-state index in [0.29, 0.717) is 25.3 Å². The molecular formula is C31H30N2O3. The summed E-state index contributed by atoms with van der Waals surface area (Å²) in [5.74, 6) is 0.799. The summed E-state index contributed by atoms with van der Waals surface area (Å²) in [5, 5.41) is 0. The van der Waals surface area contributed by atoms with Gasteiger partial charge in [-0.25, -0.2) is 0 Å². The predicted octanol–water partition coefficient (Wildman–Crippen LogP) is 6.15. The summed E-state index contributed by atoms with van der Waals surface area (Å²) >= 11 is 0. The summed E-state index contributed by atoms with van der Waals surface area (Å²) in [4.78, 5) is 19.7. The molecular weight excluding hydrogens is 448 g/mol. The van der Waals surface area contributed by atoms with Crippen molar-refractivity contribution in [3.05, 3.63) is 120 Å². The number of benzene rings is 3. The van der Waals surface area contributed by atoms with Crippen molar-refractivity contribution in [1.82, 2.24) is 9.88 Å². The zero-order chi connectivity index (χ0) is 24.6. The summed E-state index contributed by atoms with van der Waals surface area (Å²) < 4.78 is 11.5. The number of hydrogen-bond acceptors (Lipinski definition) is 4. The monoisotopic (exact) mass is 478 g/mol. The lowest BCUT2D eigenvalue weighted by atomic mass is 10.0. The first kappa shape index (κ1) is 23.8. The van der Waals surface area contributed by atoms with Gasteiger partial charge in [-0.05, 0) is 65.4 Å². The van der Waals surface area contributed by atoms with Crippen LogP contribution in [0.1, 0.15) is 34.3 Å². The van der Waals surface area contributed by atoms with Crippen molar-refractivity contribution in [2.75, 3.05) is 13.2 Å². The molecule has 1 saturated heterocycles. The van der Waals surface area contributed by atoms with Crippen molar-refractivity contribution < 1.29 is 14.3 Å². The van der Waals surface area contributed by atoms with Crippen LogP contribution < -0.4 is 4.74 Å². The molecule has 0 radical (unpaired) electrons. The van der Waals surface area contributed by atoms with Gasteiger partial charge in [0, 0.05) is 37.7 Å². The Kier molecular flexibility index (Phi) is 7.69. The van der Waals surface area contributed by atoms with E-state index in [0.717, 1.165) is 47.5 Å². The minimum absolute atomic E-state index is 0.0165. The van der Waals surface area contributed by atoms with Crippen LogP contribution >= 0.6 is 0 Å². The van der Waals surface area contributed by atoms with E-state index in [-0.39, 0.29) is 12.0 Å². The molecule has 1 atom stereocenters. The van der Waals surface area contributed by atoms with Crippen LogP contribution in [0.15, 0.2) is 103 Å². The average molecular weight is 479 g/mol. The van der Waals surface area contributed by atoms with Crippen LogP contribution in [-0.2, 0) is 17.8 Å². The van der Waals surface area contributed by atoms with Gasteiger partial charge in [0.05, 0.1) is 6.10 Å². The van der Waals surface area contributed by atoms with Crippen LogP contribution in [0.2, 0.25) is 0 Å². The minimum atomic E-state index is -0.0165. The maximum absolute atomic E-state index is 13.6. The summed E-state index contributed by atoms with van der Waals surface area (Å²) in [6, 6.07) is 29.9. The van der Waals surface area contributed by atoms with Crippen LogP contribution in [0, 0.1) is 0 Å². The van der Waals surface area contributed by atoms with Gasteiger partial charge in [0.2, 0.25) is 0 Å². The van der Waals surface area contributed by atoms with E-state index < -0.39 is 0 Å². The van der Waals surface area contributed by atoms with Gasteiger partial charge in [0.15, 0.2) is 0 Å². The number of aromatic nitrogens is 1. The molecule has 1 amide bonds. The number of amides is 1. The van der Waals surface area contributed by atoms with E-state index in [1.165, 1.54) is 0 Å². The van der Waals surface area contributed by atoms with E-state index in [1.807, 2.05) is 83.8 Å². The molecule has 5 heteroatoms. The first-order valence-corrected chi connectivity index (χ1v) is 12.4. The second kappa shape index (κ2) is 11.6. The van der Waals surface area contributed by atoms with Crippen LogP contribution in [0.4, 0.5) is 0 Å². The fourth-order valence-corrected chi connectivity index (χ4v) is 4.41. The minimum Gasteiger partial charge on any atom is -0.491 e. The SMILES string of the molecule is O=C(c1ccc(-c2ccccc2)cc1)N(Cc1ccc(OCC2CCCO2)cc1)Cc1cccnc1. The Labute approximate surface area is 212 Å². The van der Waals surface area contributed by atoms with Crippen LogP contribution in [0.5, 0.6) is 5.75 Å². The van der Waals surface area contributed by atoms with E-state index in [2.05, 4.69) is 17.1 Å². The molecule has 5 rings (SSSR count). The van der Waals surface area contributed by atoms with Gasteiger partial charge < -0.3 is 14.4 Å². The Morgan fingerprint density at radius 1 is 0.861 bits per heavy atom. The van der Waals surface area contributed by atoms with E-state index in [4.69, 9.17) is 9.47 Å². The largest absolute Gasteiger partial charge is 0.491 e. The third-order valence-corrected chi connectivity index (χ3v) is 6.38. The van der Waals surface area contributed by atoms with Crippen molar-refractivity contribution in [3.8, 4) is 16.9 Å². The summed E-state index contributed by atoms with van der Waals surface area (Å²) in [6.07, 6.45) is 5.89. The van der Waals surface area contributed by atoms with Crippen LogP contribution in [-0.4, -0.2) is 35.1 Å². The lowest BCUT2D eigenvalue weighted by Crippen LogP contribution is -2.30. The Morgan fingerprint density at radius 3 is 2.31 bits per heavy atom. The summed E-state index contributed by atoms with van der Waals surface area (Å²) in [7, 11) is 0. The van der Waals surface area contributed by atoms with Crippen molar-refractivity contribution in [3.63, 3.8) is 0 Å². The number of nitrogens with zero attached hydrogens (tertiary/aromatic N) is 2. The second-order valence-electron chi connectivity index (χ2n) is 9.06. The van der Waals surface area contributed by atoms with E-state index in [9.17, 15) is 4.79 Å². The average Bonchev–Trinajstić information content (AvgIpc) is 3.47. The molecule has 1 aliphatic heterocycles. The maximum atomic E-state index is 13.6. The quantitative estimate of drug-likeness (QED) is 0.290. The lowest BCUT2D eigenvalue weighted by Gasteiger charge is -2.23. The molecule has 0 N–H and O–H groups in total. The van der Waals surface area contributed by atoms with Crippen LogP contribution in [0.25, 0.3) is 11.1 Å². The molecule has 182 valence electrons. The van der Waals surface area contributed by atoms with Gasteiger partial charge >= 0.3 is 0 Å². The van der Waals surface area contributed by atoms with Crippen LogP contribution in [0.3, 0.4) is 0 Å². The number of carbonyl (C=O) groups excluding carboxylic acids is 1. The number of carbonyl (C=O) groups is 1. The maximum Gasteiger partial charge on any atom is 0.254 e. The molecule has 0 saturated carbocycles. The number of hydrogen-bond donors (Lipinski definition) is 0. The Morgan fingerprint density at radius 2 is 1.61 bits per heavy atom. The lowest BCUT2D eigenvalue weighted by molar-refractivity contribution is 0.0679. The third kappa shape index (κ3) is 6.18. The number of rotatable bonds is 9. The fourth-order valence-electron chi connectivity index (χ4n) is 4.41. The highest BCUT2D eigenvalue weighted by molar-refractivity contribution is 5.94. The molecule has 1 aliphatic rings. The number of ether oxygens (including phenoxy) is 2. The standard InChI is InChI=1S/C31H30N2O3/c34-31(28-14-12-27(13-15-28)26-7-2-1-3-8-26)33(22-25-6-4-18-32-20-25)21-24-10-16-29(17-11-24)36-23-30-9-5-19-35-30/h1-4,6-8,10-18,20,30H,5,9,19,21-23H2. The molecule has 3 aromatic carbocycles. The molecule has 0 bridgehead atoms. The van der Waals surface area contributed by atoms with Gasteiger partial charge in [0.25, 0.3) is 5.91 Å². The van der Waals surface area contributed by atoms with E-state index >= 15 is 0 Å². The van der Waals surface area contributed by atoms with Crippen molar-refractivity contribution in [2.45, 2.75) is 32.0 Å². The van der Waals surface area contributed by atoms with Crippen molar-refractivity contribution >= 4 is 5.91 Å². The summed E-state index contributed by atoms with van der Waals surface area (Å²) in [6.45, 7) is 2.36. The van der Waals surface area contributed by atoms with Gasteiger partial charge in [-0.1, -0.05) is 60.7 Å². The van der Waals surface area contributed by atoms with Crippen molar-refractivity contribution in [2.24, 2.45) is 0 Å². The first-order chi connectivity index (χ1) is 17.7. The topological polar surface area (TPSA) is 51.7 Å². The predicted molar refractivity (Wildman–Crippen MR) is 141 cm³/mol. The van der Waals surface area contributed by atoms with Gasteiger partial charge in [-0.3, -0.25) is 9.78 Å². The fraction of sp³-hybridized carbons (Fsp3) is 0.226. The molecule has 36 heavy (non-hydrogen) atoms. The first-order valence-electron chi connectivity index (χ1n) is 12.4. The Bertz CT molecular complexity index is 1240. The Balaban J connectivity index is 1.30. The van der Waals surface area contributed by atoms with Crippen molar-refractivity contribution in [1.29, 1.82) is 0 Å². The normalized spacial score (nSPS) is 14.9. The zero-order valence-electron chi connectivity index (χ0n) is 20.3. The molecule has 0 spiro atoms.